The van der Waals surface area contributed by atoms with Gasteiger partial charge >= 0.3 is 18.3 Å². The molecule has 1 aliphatic rings. The van der Waals surface area contributed by atoms with E-state index in [1.807, 2.05) is 0 Å². The molecule has 0 amide bonds. The van der Waals surface area contributed by atoms with E-state index in [1.165, 1.54) is 12.1 Å². The summed E-state index contributed by atoms with van der Waals surface area (Å²) in [6.45, 7) is 0.115. The second-order valence-electron chi connectivity index (χ2n) is 8.00. The molecule has 4 aromatic rings. The zero-order chi connectivity index (χ0) is 28.5. The lowest BCUT2D eigenvalue weighted by atomic mass is 9.98. The van der Waals surface area contributed by atoms with E-state index in [-0.39, 0.29) is 23.7 Å². The van der Waals surface area contributed by atoms with E-state index in [2.05, 4.69) is 15.3 Å². The molecule has 0 radical (unpaired) electrons. The number of rotatable bonds is 3. The van der Waals surface area contributed by atoms with Crippen LogP contribution in [0.2, 0.25) is 0 Å². The highest BCUT2D eigenvalue weighted by atomic mass is 19.4. The van der Waals surface area contributed by atoms with Crippen LogP contribution in [0, 0.1) is 0 Å². The Morgan fingerprint density at radius 2 is 1.64 bits per heavy atom. The first-order valence-electron chi connectivity index (χ1n) is 10.7. The molecular formula is C23H16F6N4O6. The van der Waals surface area contributed by atoms with Crippen LogP contribution >= 0.6 is 0 Å². The summed E-state index contributed by atoms with van der Waals surface area (Å²) in [6, 6.07) is 12.0. The number of aliphatic hydroxyl groups excluding tert-OH is 1. The van der Waals surface area contributed by atoms with Crippen LogP contribution in [0.5, 0.6) is 5.75 Å². The first-order valence-corrected chi connectivity index (χ1v) is 10.7. The van der Waals surface area contributed by atoms with Gasteiger partial charge in [-0.15, -0.1) is 0 Å². The van der Waals surface area contributed by atoms with Crippen molar-refractivity contribution >= 4 is 5.97 Å². The molecule has 0 aliphatic carbocycles. The Balaban J connectivity index is 0.000000448. The molecule has 1 aliphatic heterocycles. The zero-order valence-corrected chi connectivity index (χ0v) is 19.2. The fourth-order valence-electron chi connectivity index (χ4n) is 3.48. The standard InChI is InChI=1S/C21H15F3N4O4.C2HF3O2/c22-21(23,24)15-16(10-4-2-1-3-5-10)27-31-18(15)20-26-19(28-32-20)11-6-7-12-14(8-11)30-9-13(25)17(12)29;3-2(4,5)1(6)7/h1-8,13,17,29H,9,25H2;(H,6,7). The van der Waals surface area contributed by atoms with Crippen molar-refractivity contribution in [1.29, 1.82) is 0 Å². The molecule has 2 atom stereocenters. The Morgan fingerprint density at radius 3 is 2.26 bits per heavy atom. The topological polar surface area (TPSA) is 158 Å². The number of fused-ring (bicyclic) bond motifs is 1. The van der Waals surface area contributed by atoms with Gasteiger partial charge in [-0.3, -0.25) is 0 Å². The Bertz CT molecular complexity index is 1470. The van der Waals surface area contributed by atoms with Crippen LogP contribution in [0.4, 0.5) is 26.3 Å². The highest BCUT2D eigenvalue weighted by Crippen LogP contribution is 2.43. The molecule has 0 fully saturated rings. The van der Waals surface area contributed by atoms with Crippen molar-refractivity contribution in [3.05, 3.63) is 59.7 Å². The highest BCUT2D eigenvalue weighted by molar-refractivity contribution is 5.73. The van der Waals surface area contributed by atoms with Gasteiger partial charge in [-0.2, -0.15) is 31.3 Å². The number of nitrogens with zero attached hydrogens (tertiary/aromatic N) is 3. The molecule has 0 spiro atoms. The highest BCUT2D eigenvalue weighted by Gasteiger charge is 2.43. The smallest absolute Gasteiger partial charge is 0.490 e. The van der Waals surface area contributed by atoms with Crippen LogP contribution in [0.1, 0.15) is 17.2 Å². The van der Waals surface area contributed by atoms with Gasteiger partial charge in [0, 0.05) is 16.7 Å². The summed E-state index contributed by atoms with van der Waals surface area (Å²) >= 11 is 0. The molecule has 5 rings (SSSR count). The normalized spacial score (nSPS) is 17.0. The summed E-state index contributed by atoms with van der Waals surface area (Å²) in [5, 5.41) is 24.7. The lowest BCUT2D eigenvalue weighted by Gasteiger charge is -2.27. The van der Waals surface area contributed by atoms with E-state index < -0.39 is 47.7 Å². The largest absolute Gasteiger partial charge is 0.491 e. The van der Waals surface area contributed by atoms with Crippen LogP contribution in [0.25, 0.3) is 34.3 Å². The molecule has 10 nitrogen and oxygen atoms in total. The molecule has 2 aromatic carbocycles. The molecule has 0 bridgehead atoms. The first kappa shape index (κ1) is 27.6. The summed E-state index contributed by atoms with van der Waals surface area (Å²) in [5.74, 6) is -3.51. The van der Waals surface area contributed by atoms with Gasteiger partial charge in [-0.25, -0.2) is 4.79 Å². The molecule has 0 saturated carbocycles. The van der Waals surface area contributed by atoms with Crippen LogP contribution < -0.4 is 10.5 Å². The zero-order valence-electron chi connectivity index (χ0n) is 19.2. The summed E-state index contributed by atoms with van der Waals surface area (Å²) in [5.41, 5.74) is 5.45. The third-order valence-electron chi connectivity index (χ3n) is 5.31. The van der Waals surface area contributed by atoms with Crippen molar-refractivity contribution in [2.75, 3.05) is 6.61 Å². The second kappa shape index (κ2) is 10.4. The maximum absolute atomic E-state index is 13.9. The number of carboxylic acid groups (broad SMARTS) is 1. The molecule has 0 saturated heterocycles. The summed E-state index contributed by atoms with van der Waals surface area (Å²) in [7, 11) is 0. The van der Waals surface area contributed by atoms with Gasteiger partial charge in [0.15, 0.2) is 0 Å². The lowest BCUT2D eigenvalue weighted by Crippen LogP contribution is -2.38. The number of aliphatic hydroxyl groups is 1. The third-order valence-corrected chi connectivity index (χ3v) is 5.31. The number of carbonyl (C=O) groups is 1. The number of nitrogens with two attached hydrogens (primary N) is 1. The molecule has 206 valence electrons. The van der Waals surface area contributed by atoms with Gasteiger partial charge in [0.05, 0.1) is 6.04 Å². The predicted octanol–water partition coefficient (Wildman–Crippen LogP) is 4.46. The van der Waals surface area contributed by atoms with Gasteiger partial charge in [-0.05, 0) is 6.07 Å². The summed E-state index contributed by atoms with van der Waals surface area (Å²) in [4.78, 5) is 13.0. The number of alkyl halides is 6. The quantitative estimate of drug-likeness (QED) is 0.307. The van der Waals surface area contributed by atoms with Crippen molar-refractivity contribution in [2.24, 2.45) is 5.73 Å². The van der Waals surface area contributed by atoms with Crippen LogP contribution in [0.15, 0.2) is 57.6 Å². The molecule has 16 heteroatoms. The van der Waals surface area contributed by atoms with Crippen molar-refractivity contribution in [1.82, 2.24) is 15.3 Å². The fourth-order valence-corrected chi connectivity index (χ4v) is 3.48. The number of halogens is 6. The number of carboxylic acids is 1. The van der Waals surface area contributed by atoms with Crippen LogP contribution in [-0.4, -0.2) is 50.3 Å². The van der Waals surface area contributed by atoms with Crippen molar-refractivity contribution in [3.63, 3.8) is 0 Å². The number of aromatic nitrogens is 3. The molecule has 39 heavy (non-hydrogen) atoms. The van der Waals surface area contributed by atoms with E-state index >= 15 is 0 Å². The molecular weight excluding hydrogens is 542 g/mol. The maximum atomic E-state index is 13.9. The van der Waals surface area contributed by atoms with Gasteiger partial charge in [-0.1, -0.05) is 52.8 Å². The predicted molar refractivity (Wildman–Crippen MR) is 118 cm³/mol. The average molecular weight is 558 g/mol. The molecule has 2 unspecified atom stereocenters. The lowest BCUT2D eigenvalue weighted by molar-refractivity contribution is -0.192. The van der Waals surface area contributed by atoms with E-state index in [0.29, 0.717) is 16.9 Å². The maximum Gasteiger partial charge on any atom is 0.490 e. The number of aliphatic carboxylic acids is 1. The van der Waals surface area contributed by atoms with E-state index in [1.54, 1.807) is 36.4 Å². The Hall–Kier alpha value is -4.44. The number of ether oxygens (including phenoxy) is 1. The molecule has 3 heterocycles. The number of hydrogen-bond acceptors (Lipinski definition) is 9. The SMILES string of the molecule is NC1COc2cc(-c3noc(-c4onc(-c5ccccc5)c4C(F)(F)F)n3)ccc2C1O.O=C(O)C(F)(F)F. The summed E-state index contributed by atoms with van der Waals surface area (Å²) < 4.78 is 88.9. The third kappa shape index (κ3) is 5.85. The van der Waals surface area contributed by atoms with Crippen LogP contribution in [0.3, 0.4) is 0 Å². The second-order valence-corrected chi connectivity index (χ2v) is 8.00. The fraction of sp³-hybridized carbons (Fsp3) is 0.217. The van der Waals surface area contributed by atoms with E-state index in [4.69, 9.17) is 29.4 Å². The monoisotopic (exact) mass is 558 g/mol. The first-order chi connectivity index (χ1) is 18.3. The van der Waals surface area contributed by atoms with Gasteiger partial charge in [0.1, 0.15) is 29.7 Å². The molecule has 4 N–H and O–H groups in total. The Kier molecular flexibility index (Phi) is 7.34. The van der Waals surface area contributed by atoms with E-state index in [9.17, 15) is 31.4 Å². The Morgan fingerprint density at radius 1 is 0.974 bits per heavy atom. The van der Waals surface area contributed by atoms with Gasteiger partial charge in [0.25, 0.3) is 5.89 Å². The van der Waals surface area contributed by atoms with Gasteiger partial charge in [0.2, 0.25) is 11.6 Å². The number of benzene rings is 2. The van der Waals surface area contributed by atoms with Crippen molar-refractivity contribution < 1.29 is 55.1 Å². The number of hydrogen-bond donors (Lipinski definition) is 3. The van der Waals surface area contributed by atoms with Crippen molar-refractivity contribution in [3.8, 4) is 40.0 Å². The Labute approximate surface area is 213 Å². The van der Waals surface area contributed by atoms with E-state index in [0.717, 1.165) is 0 Å². The average Bonchev–Trinajstić information content (AvgIpc) is 3.54. The van der Waals surface area contributed by atoms with Crippen molar-refractivity contribution in [2.45, 2.75) is 24.5 Å². The minimum atomic E-state index is -5.08. The summed E-state index contributed by atoms with van der Waals surface area (Å²) in [6.07, 6.45) is -10.8. The van der Waals surface area contributed by atoms with Gasteiger partial charge < -0.3 is 29.7 Å². The minimum Gasteiger partial charge on any atom is -0.491 e. The molecule has 2 aromatic heterocycles. The minimum absolute atomic E-state index is 0.0153. The van der Waals surface area contributed by atoms with Crippen LogP contribution in [-0.2, 0) is 11.0 Å².